The van der Waals surface area contributed by atoms with Crippen molar-refractivity contribution in [1.29, 1.82) is 0 Å². The molecule has 0 aliphatic carbocycles. The Morgan fingerprint density at radius 2 is 1.97 bits per heavy atom. The lowest BCUT2D eigenvalue weighted by Gasteiger charge is -2.33. The summed E-state index contributed by atoms with van der Waals surface area (Å²) in [5, 5.41) is 3.65. The average molecular weight is 450 g/mol. The van der Waals surface area contributed by atoms with Gasteiger partial charge in [-0.1, -0.05) is 30.3 Å². The molecule has 0 unspecified atom stereocenters. The van der Waals surface area contributed by atoms with Crippen LogP contribution in [0.5, 0.6) is 11.5 Å². The van der Waals surface area contributed by atoms with E-state index in [2.05, 4.69) is 17.4 Å². The number of hydrogen-bond donors (Lipinski definition) is 1. The van der Waals surface area contributed by atoms with Crippen LogP contribution in [0.25, 0.3) is 11.0 Å². The Kier molecular flexibility index (Phi) is 6.45. The largest absolute Gasteiger partial charge is 0.496 e. The Morgan fingerprint density at radius 3 is 2.70 bits per heavy atom. The lowest BCUT2D eigenvalue weighted by molar-refractivity contribution is -0.120. The van der Waals surface area contributed by atoms with Gasteiger partial charge in [-0.3, -0.25) is 4.79 Å². The Morgan fingerprint density at radius 1 is 1.21 bits per heavy atom. The lowest BCUT2D eigenvalue weighted by Crippen LogP contribution is -2.33. The van der Waals surface area contributed by atoms with E-state index in [0.29, 0.717) is 34.8 Å². The zero-order valence-electron chi connectivity index (χ0n) is 19.7. The minimum Gasteiger partial charge on any atom is -0.496 e. The molecule has 1 aliphatic heterocycles. The summed E-state index contributed by atoms with van der Waals surface area (Å²) in [5.41, 5.74) is 2.90. The molecule has 0 bridgehead atoms. The van der Waals surface area contributed by atoms with Crippen LogP contribution in [0.1, 0.15) is 48.9 Å². The summed E-state index contributed by atoms with van der Waals surface area (Å²) in [4.78, 5) is 25.5. The second-order valence-corrected chi connectivity index (χ2v) is 9.23. The number of amides is 1. The van der Waals surface area contributed by atoms with Gasteiger partial charge >= 0.3 is 5.63 Å². The van der Waals surface area contributed by atoms with Gasteiger partial charge in [-0.25, -0.2) is 4.79 Å². The molecule has 4 rings (SSSR count). The summed E-state index contributed by atoms with van der Waals surface area (Å²) in [5.74, 6) is 1.06. The molecule has 0 saturated heterocycles. The molecule has 1 aliphatic rings. The highest BCUT2D eigenvalue weighted by atomic mass is 16.5. The maximum absolute atomic E-state index is 12.9. The predicted molar refractivity (Wildman–Crippen MR) is 128 cm³/mol. The minimum atomic E-state index is -0.486. The fourth-order valence-corrected chi connectivity index (χ4v) is 4.44. The fraction of sp³-hybridized carbons (Fsp3) is 0.407. The average Bonchev–Trinajstić information content (AvgIpc) is 2.78. The van der Waals surface area contributed by atoms with Crippen molar-refractivity contribution in [3.8, 4) is 11.5 Å². The molecule has 33 heavy (non-hydrogen) atoms. The second kappa shape index (κ2) is 9.30. The first-order valence-corrected chi connectivity index (χ1v) is 11.4. The molecule has 3 aromatic rings. The molecule has 0 spiro atoms. The number of aryl methyl sites for hydroxylation is 3. The normalized spacial score (nSPS) is 14.4. The SMILES string of the molecule is COc1cc2c(c3oc(=O)c(CC(=O)NCCCc4ccccc4)c(C)c13)CCC(C)(C)O2. The summed E-state index contributed by atoms with van der Waals surface area (Å²) in [7, 11) is 1.58. The van der Waals surface area contributed by atoms with Gasteiger partial charge in [0.15, 0.2) is 0 Å². The molecule has 6 heteroatoms. The fourth-order valence-electron chi connectivity index (χ4n) is 4.44. The monoisotopic (exact) mass is 449 g/mol. The van der Waals surface area contributed by atoms with Crippen molar-refractivity contribution in [3.05, 3.63) is 69.1 Å². The maximum Gasteiger partial charge on any atom is 0.340 e. The number of nitrogens with one attached hydrogen (secondary N) is 1. The van der Waals surface area contributed by atoms with Crippen molar-refractivity contribution >= 4 is 16.9 Å². The molecule has 1 N–H and O–H groups in total. The summed E-state index contributed by atoms with van der Waals surface area (Å²) in [6, 6.07) is 12.0. The van der Waals surface area contributed by atoms with Gasteiger partial charge in [-0.15, -0.1) is 0 Å². The summed E-state index contributed by atoms with van der Waals surface area (Å²) in [6.45, 7) is 6.47. The second-order valence-electron chi connectivity index (χ2n) is 9.23. The van der Waals surface area contributed by atoms with Gasteiger partial charge in [0.2, 0.25) is 5.91 Å². The van der Waals surface area contributed by atoms with Crippen LogP contribution >= 0.6 is 0 Å². The molecule has 2 heterocycles. The highest BCUT2D eigenvalue weighted by Gasteiger charge is 2.31. The van der Waals surface area contributed by atoms with E-state index in [1.54, 1.807) is 7.11 Å². The van der Waals surface area contributed by atoms with Crippen LogP contribution in [-0.2, 0) is 24.1 Å². The molecule has 0 saturated carbocycles. The molecule has 174 valence electrons. The Balaban J connectivity index is 1.55. The minimum absolute atomic E-state index is 0.0286. The number of rotatable bonds is 7. The van der Waals surface area contributed by atoms with Crippen LogP contribution in [0.4, 0.5) is 0 Å². The van der Waals surface area contributed by atoms with Crippen molar-refractivity contribution in [2.24, 2.45) is 0 Å². The zero-order chi connectivity index (χ0) is 23.6. The van der Waals surface area contributed by atoms with E-state index in [9.17, 15) is 9.59 Å². The van der Waals surface area contributed by atoms with Crippen molar-refractivity contribution in [2.75, 3.05) is 13.7 Å². The molecule has 1 amide bonds. The summed E-state index contributed by atoms with van der Waals surface area (Å²) in [6.07, 6.45) is 3.25. The number of carbonyl (C=O) groups excluding carboxylic acids is 1. The third-order valence-electron chi connectivity index (χ3n) is 6.30. The number of fused-ring (bicyclic) bond motifs is 3. The van der Waals surface area contributed by atoms with Crippen LogP contribution in [0, 0.1) is 6.92 Å². The van der Waals surface area contributed by atoms with Gasteiger partial charge in [0.05, 0.1) is 24.5 Å². The van der Waals surface area contributed by atoms with E-state index < -0.39 is 5.63 Å². The molecule has 6 nitrogen and oxygen atoms in total. The highest BCUT2D eigenvalue weighted by molar-refractivity contribution is 5.93. The first-order valence-electron chi connectivity index (χ1n) is 11.4. The summed E-state index contributed by atoms with van der Waals surface area (Å²) >= 11 is 0. The molecule has 2 aromatic carbocycles. The highest BCUT2D eigenvalue weighted by Crippen LogP contribution is 2.43. The van der Waals surface area contributed by atoms with E-state index in [0.717, 1.165) is 36.6 Å². The number of carbonyl (C=O) groups is 1. The van der Waals surface area contributed by atoms with Crippen LogP contribution < -0.4 is 20.4 Å². The molecule has 0 fully saturated rings. The van der Waals surface area contributed by atoms with E-state index >= 15 is 0 Å². The van der Waals surface area contributed by atoms with Crippen LogP contribution in [0.3, 0.4) is 0 Å². The third-order valence-corrected chi connectivity index (χ3v) is 6.30. The lowest BCUT2D eigenvalue weighted by atomic mass is 9.91. The van der Waals surface area contributed by atoms with Gasteiger partial charge in [0.1, 0.15) is 22.7 Å². The van der Waals surface area contributed by atoms with Crippen LogP contribution in [0.2, 0.25) is 0 Å². The molecule has 1 aromatic heterocycles. The van der Waals surface area contributed by atoms with Gasteiger partial charge in [0, 0.05) is 18.2 Å². The summed E-state index contributed by atoms with van der Waals surface area (Å²) < 4.78 is 17.5. The van der Waals surface area contributed by atoms with E-state index in [4.69, 9.17) is 13.9 Å². The first-order chi connectivity index (χ1) is 15.8. The number of benzene rings is 2. The Labute approximate surface area is 193 Å². The van der Waals surface area contributed by atoms with Gasteiger partial charge < -0.3 is 19.2 Å². The predicted octanol–water partition coefficient (Wildman–Crippen LogP) is 4.51. The van der Waals surface area contributed by atoms with Crippen molar-refractivity contribution in [3.63, 3.8) is 0 Å². The molecule has 0 atom stereocenters. The van der Waals surface area contributed by atoms with Gasteiger partial charge in [0.25, 0.3) is 0 Å². The van der Waals surface area contributed by atoms with E-state index in [1.165, 1.54) is 5.56 Å². The van der Waals surface area contributed by atoms with Crippen LogP contribution in [0.15, 0.2) is 45.6 Å². The van der Waals surface area contributed by atoms with Gasteiger partial charge in [-0.05, 0) is 57.6 Å². The standard InChI is InChI=1S/C27H31NO5/c1-17-20(15-23(29)28-14-8-11-18-9-6-5-7-10-18)26(30)32-25-19-12-13-27(2,3)33-21(19)16-22(31-4)24(17)25/h5-7,9-10,16H,8,11-15H2,1-4H3,(H,28,29). The topological polar surface area (TPSA) is 77.8 Å². The van der Waals surface area contributed by atoms with Crippen molar-refractivity contribution in [1.82, 2.24) is 5.32 Å². The Hall–Kier alpha value is -3.28. The van der Waals surface area contributed by atoms with E-state index in [1.807, 2.05) is 45.0 Å². The Bertz CT molecular complexity index is 1230. The van der Waals surface area contributed by atoms with Crippen LogP contribution in [-0.4, -0.2) is 25.2 Å². The number of methoxy groups -OCH3 is 1. The first kappa shape index (κ1) is 22.9. The number of ether oxygens (including phenoxy) is 2. The third kappa shape index (κ3) is 4.90. The quantitative estimate of drug-likeness (QED) is 0.424. The maximum atomic E-state index is 12.9. The van der Waals surface area contributed by atoms with E-state index in [-0.39, 0.29) is 17.9 Å². The smallest absolute Gasteiger partial charge is 0.340 e. The molecule has 0 radical (unpaired) electrons. The van der Waals surface area contributed by atoms with Crippen molar-refractivity contribution < 1.29 is 18.7 Å². The molecular formula is C27H31NO5. The molecular weight excluding hydrogens is 418 g/mol. The van der Waals surface area contributed by atoms with Gasteiger partial charge in [-0.2, -0.15) is 0 Å². The van der Waals surface area contributed by atoms with Crippen molar-refractivity contribution in [2.45, 2.75) is 58.5 Å². The zero-order valence-corrected chi connectivity index (χ0v) is 19.7. The number of hydrogen-bond acceptors (Lipinski definition) is 5.